The van der Waals surface area contributed by atoms with Crippen molar-refractivity contribution in [3.8, 4) is 0 Å². The van der Waals surface area contributed by atoms with Gasteiger partial charge in [0.2, 0.25) is 0 Å². The first-order chi connectivity index (χ1) is 7.77. The highest BCUT2D eigenvalue weighted by Gasteiger charge is 2.07. The normalized spacial score (nSPS) is 13.5. The fourth-order valence-electron chi connectivity index (χ4n) is 1.70. The smallest absolute Gasteiger partial charge is 0.0787 e. The van der Waals surface area contributed by atoms with Gasteiger partial charge in [-0.1, -0.05) is 55.8 Å². The first-order valence-electron chi connectivity index (χ1n) is 5.82. The Hall–Kier alpha value is -1.34. The Bertz CT molecular complexity index is 338. The van der Waals surface area contributed by atoms with E-state index in [1.54, 1.807) is 6.08 Å². The zero-order valence-electron chi connectivity index (χ0n) is 9.89. The molecule has 0 saturated heterocycles. The number of rotatable bonds is 6. The van der Waals surface area contributed by atoms with Crippen molar-refractivity contribution in [3.63, 3.8) is 0 Å². The first-order valence-corrected chi connectivity index (χ1v) is 5.82. The summed E-state index contributed by atoms with van der Waals surface area (Å²) in [6, 6.07) is 10.1. The Morgan fingerprint density at radius 1 is 1.38 bits per heavy atom. The Balaban J connectivity index is 2.84. The molecule has 86 valence electrons. The van der Waals surface area contributed by atoms with E-state index in [1.165, 1.54) is 0 Å². The molecule has 1 atom stereocenters. The molecule has 0 spiro atoms. The molecule has 0 saturated carbocycles. The Morgan fingerprint density at radius 2 is 2.06 bits per heavy atom. The minimum atomic E-state index is -0.391. The molecule has 1 heteroatoms. The largest absolute Gasteiger partial charge is 0.388 e. The summed E-state index contributed by atoms with van der Waals surface area (Å²) in [7, 11) is 0. The monoisotopic (exact) mass is 216 g/mol. The van der Waals surface area contributed by atoms with Crippen molar-refractivity contribution in [2.24, 2.45) is 0 Å². The summed E-state index contributed by atoms with van der Waals surface area (Å²) < 4.78 is 0. The molecule has 1 rings (SSSR count). The van der Waals surface area contributed by atoms with Crippen molar-refractivity contribution in [1.82, 2.24) is 0 Å². The van der Waals surface area contributed by atoms with Crippen LogP contribution in [-0.2, 0) is 0 Å². The summed E-state index contributed by atoms with van der Waals surface area (Å²) in [4.78, 5) is 0. The van der Waals surface area contributed by atoms with E-state index >= 15 is 0 Å². The Labute approximate surface area is 98.1 Å². The van der Waals surface area contributed by atoms with Crippen LogP contribution in [-0.4, -0.2) is 11.2 Å². The van der Waals surface area contributed by atoms with Crippen LogP contribution in [0.1, 0.15) is 31.7 Å². The van der Waals surface area contributed by atoms with Crippen LogP contribution in [0.3, 0.4) is 0 Å². The van der Waals surface area contributed by atoms with Crippen LogP contribution in [0.15, 0.2) is 48.6 Å². The SMILES string of the molecule is C=CC[C@H](O)/C(=C/c1ccccc1)CCC. The van der Waals surface area contributed by atoms with Gasteiger partial charge in [-0.2, -0.15) is 0 Å². The minimum absolute atomic E-state index is 0.391. The molecule has 0 aliphatic rings. The van der Waals surface area contributed by atoms with Crippen LogP contribution in [0.5, 0.6) is 0 Å². The third kappa shape index (κ3) is 4.03. The Morgan fingerprint density at radius 3 is 2.62 bits per heavy atom. The van der Waals surface area contributed by atoms with E-state index in [1.807, 2.05) is 18.2 Å². The zero-order valence-corrected chi connectivity index (χ0v) is 9.89. The molecule has 0 aliphatic carbocycles. The summed E-state index contributed by atoms with van der Waals surface area (Å²) in [5.74, 6) is 0. The molecule has 1 nitrogen and oxygen atoms in total. The fourth-order valence-corrected chi connectivity index (χ4v) is 1.70. The van der Waals surface area contributed by atoms with E-state index in [0.29, 0.717) is 6.42 Å². The highest BCUT2D eigenvalue weighted by Crippen LogP contribution is 2.17. The van der Waals surface area contributed by atoms with Crippen LogP contribution in [0, 0.1) is 0 Å². The number of benzene rings is 1. The van der Waals surface area contributed by atoms with E-state index in [4.69, 9.17) is 0 Å². The maximum atomic E-state index is 9.96. The standard InChI is InChI=1S/C15H20O/c1-3-8-14(15(16)9-4-2)12-13-10-6-5-7-11-13/h4-7,10-12,15-16H,2-3,8-9H2,1H3/b14-12+/t15-/m0/s1. The lowest BCUT2D eigenvalue weighted by Crippen LogP contribution is -2.08. The molecule has 0 aliphatic heterocycles. The lowest BCUT2D eigenvalue weighted by atomic mass is 9.99. The molecule has 0 heterocycles. The molecule has 0 radical (unpaired) electrons. The van der Waals surface area contributed by atoms with Crippen molar-refractivity contribution < 1.29 is 5.11 Å². The van der Waals surface area contributed by atoms with Crippen molar-refractivity contribution in [2.45, 2.75) is 32.3 Å². The van der Waals surface area contributed by atoms with Gasteiger partial charge in [0.25, 0.3) is 0 Å². The maximum absolute atomic E-state index is 9.96. The van der Waals surface area contributed by atoms with Crippen LogP contribution in [0.25, 0.3) is 6.08 Å². The van der Waals surface area contributed by atoms with Gasteiger partial charge >= 0.3 is 0 Å². The lowest BCUT2D eigenvalue weighted by molar-refractivity contribution is 0.211. The highest BCUT2D eigenvalue weighted by atomic mass is 16.3. The van der Waals surface area contributed by atoms with E-state index in [2.05, 4.69) is 31.7 Å². The second kappa shape index (κ2) is 7.02. The predicted molar refractivity (Wildman–Crippen MR) is 70.1 cm³/mol. The van der Waals surface area contributed by atoms with Gasteiger partial charge in [0.15, 0.2) is 0 Å². The maximum Gasteiger partial charge on any atom is 0.0787 e. The van der Waals surface area contributed by atoms with Crippen LogP contribution < -0.4 is 0 Å². The van der Waals surface area contributed by atoms with Crippen molar-refractivity contribution >= 4 is 6.08 Å². The Kier molecular flexibility index (Phi) is 5.58. The van der Waals surface area contributed by atoms with Gasteiger partial charge in [-0.05, 0) is 24.0 Å². The molecule has 1 aromatic rings. The molecule has 0 unspecified atom stereocenters. The molecule has 0 bridgehead atoms. The van der Waals surface area contributed by atoms with Crippen molar-refractivity contribution in [3.05, 3.63) is 54.1 Å². The lowest BCUT2D eigenvalue weighted by Gasteiger charge is -2.12. The minimum Gasteiger partial charge on any atom is -0.388 e. The molecular formula is C15H20O. The molecule has 0 amide bonds. The first kappa shape index (κ1) is 12.7. The predicted octanol–water partition coefficient (Wildman–Crippen LogP) is 3.81. The molecule has 1 N–H and O–H groups in total. The van der Waals surface area contributed by atoms with Crippen LogP contribution in [0.4, 0.5) is 0 Å². The quantitative estimate of drug-likeness (QED) is 0.717. The van der Waals surface area contributed by atoms with E-state index in [-0.39, 0.29) is 0 Å². The van der Waals surface area contributed by atoms with Crippen molar-refractivity contribution in [2.75, 3.05) is 0 Å². The summed E-state index contributed by atoms with van der Waals surface area (Å²) in [5, 5.41) is 9.96. The fraction of sp³-hybridized carbons (Fsp3) is 0.333. The number of aliphatic hydroxyl groups is 1. The average molecular weight is 216 g/mol. The molecule has 1 aromatic carbocycles. The molecular weight excluding hydrogens is 196 g/mol. The number of aliphatic hydroxyl groups excluding tert-OH is 1. The van der Waals surface area contributed by atoms with Gasteiger partial charge in [-0.3, -0.25) is 0 Å². The van der Waals surface area contributed by atoms with Gasteiger partial charge in [0, 0.05) is 0 Å². The zero-order chi connectivity index (χ0) is 11.8. The van der Waals surface area contributed by atoms with Gasteiger partial charge in [0.1, 0.15) is 0 Å². The summed E-state index contributed by atoms with van der Waals surface area (Å²) >= 11 is 0. The van der Waals surface area contributed by atoms with E-state index in [9.17, 15) is 5.11 Å². The van der Waals surface area contributed by atoms with E-state index < -0.39 is 6.10 Å². The second-order valence-electron chi connectivity index (χ2n) is 3.92. The van der Waals surface area contributed by atoms with Crippen LogP contribution in [0.2, 0.25) is 0 Å². The third-order valence-corrected chi connectivity index (χ3v) is 2.51. The van der Waals surface area contributed by atoms with Gasteiger partial charge in [-0.15, -0.1) is 6.58 Å². The summed E-state index contributed by atoms with van der Waals surface area (Å²) in [6.45, 7) is 5.79. The number of hydrogen-bond acceptors (Lipinski definition) is 1. The van der Waals surface area contributed by atoms with Crippen molar-refractivity contribution in [1.29, 1.82) is 0 Å². The van der Waals surface area contributed by atoms with Crippen LogP contribution >= 0.6 is 0 Å². The molecule has 0 fully saturated rings. The summed E-state index contributed by atoms with van der Waals surface area (Å²) in [6.07, 6.45) is 6.06. The van der Waals surface area contributed by atoms with Gasteiger partial charge in [-0.25, -0.2) is 0 Å². The third-order valence-electron chi connectivity index (χ3n) is 2.51. The molecule has 0 aromatic heterocycles. The average Bonchev–Trinajstić information content (AvgIpc) is 2.30. The molecule has 16 heavy (non-hydrogen) atoms. The van der Waals surface area contributed by atoms with Gasteiger partial charge in [0.05, 0.1) is 6.10 Å². The highest BCUT2D eigenvalue weighted by molar-refractivity contribution is 5.53. The second-order valence-corrected chi connectivity index (χ2v) is 3.92. The summed E-state index contributed by atoms with van der Waals surface area (Å²) in [5.41, 5.74) is 2.24. The van der Waals surface area contributed by atoms with E-state index in [0.717, 1.165) is 24.0 Å². The van der Waals surface area contributed by atoms with Gasteiger partial charge < -0.3 is 5.11 Å². The number of hydrogen-bond donors (Lipinski definition) is 1. The topological polar surface area (TPSA) is 20.2 Å².